The number of aliphatic carboxylic acids is 1. The summed E-state index contributed by atoms with van der Waals surface area (Å²) in [4.78, 5) is 28.6. The van der Waals surface area contributed by atoms with E-state index in [4.69, 9.17) is 9.90 Å². The summed E-state index contributed by atoms with van der Waals surface area (Å²) in [5.74, 6) is -2.38. The minimum absolute atomic E-state index is 0.304. The van der Waals surface area contributed by atoms with Crippen molar-refractivity contribution in [1.82, 2.24) is 0 Å². The number of halogens is 2. The Bertz CT molecular complexity index is 1530. The number of thioether (sulfide) groups is 1. The molecule has 1 amide bonds. The monoisotopic (exact) mass is 550 g/mol. The summed E-state index contributed by atoms with van der Waals surface area (Å²) >= 11 is 2.28. The van der Waals surface area contributed by atoms with E-state index in [1.54, 1.807) is 18.2 Å². The van der Waals surface area contributed by atoms with Crippen LogP contribution in [-0.4, -0.2) is 50.1 Å². The number of hydrogen-bond acceptors (Lipinski definition) is 4. The third kappa shape index (κ3) is 7.74. The van der Waals surface area contributed by atoms with Gasteiger partial charge >= 0.3 is 175 Å². The number of aliphatic imine (C=N–C) groups is 1. The van der Waals surface area contributed by atoms with Gasteiger partial charge in [0.2, 0.25) is 0 Å². The molecule has 1 N–H and O–H groups in total. The predicted molar refractivity (Wildman–Crippen MR) is 154 cm³/mol. The number of hydrogen-bond donors (Lipinski definition) is 1. The summed E-state index contributed by atoms with van der Waals surface area (Å²) in [5.41, 5.74) is 3.79. The molecule has 4 aromatic rings. The van der Waals surface area contributed by atoms with Crippen LogP contribution in [0, 0.1) is 11.6 Å². The van der Waals surface area contributed by atoms with Crippen molar-refractivity contribution in [1.29, 1.82) is 0 Å². The van der Waals surface area contributed by atoms with Gasteiger partial charge in [0, 0.05) is 13.0 Å². The number of nitrogens with zero attached hydrogens (tertiary/aromatic N) is 2. The second-order valence-corrected chi connectivity index (χ2v) is 10.8. The van der Waals surface area contributed by atoms with Gasteiger partial charge < -0.3 is 5.11 Å². The second kappa shape index (κ2) is 13.0. The number of para-hydroxylation sites is 1. The van der Waals surface area contributed by atoms with Crippen molar-refractivity contribution < 1.29 is 23.5 Å². The molecule has 0 aliphatic carbocycles. The number of anilines is 2. The van der Waals surface area contributed by atoms with Crippen LogP contribution in [0.3, 0.4) is 0 Å². The summed E-state index contributed by atoms with van der Waals surface area (Å²) in [6.45, 7) is 1.08. The molecule has 1 heterocycles. The van der Waals surface area contributed by atoms with Crippen molar-refractivity contribution in [2.24, 2.45) is 4.99 Å². The van der Waals surface area contributed by atoms with Gasteiger partial charge in [0.15, 0.2) is 0 Å². The molecule has 1 aliphatic rings. The Hall–Kier alpha value is -3.56. The summed E-state index contributed by atoms with van der Waals surface area (Å²) in [6, 6.07) is 28.7. The maximum atomic E-state index is 13.6. The molecule has 190 valence electrons. The Balaban J connectivity index is 0.000000826. The molecular formula is C30H21F2N2NaO3S. The van der Waals surface area contributed by atoms with E-state index in [0.717, 1.165) is 57.9 Å². The van der Waals surface area contributed by atoms with Gasteiger partial charge in [0.05, 0.1) is 0 Å². The molecule has 0 bridgehead atoms. The van der Waals surface area contributed by atoms with Gasteiger partial charge in [-0.2, -0.15) is 0 Å². The molecule has 0 atom stereocenters. The zero-order valence-electron chi connectivity index (χ0n) is 21.1. The molecule has 5 nitrogen and oxygen atoms in total. The molecule has 1 aliphatic heterocycles. The Morgan fingerprint density at radius 3 is 2.03 bits per heavy atom. The number of rotatable bonds is 4. The van der Waals surface area contributed by atoms with Crippen LogP contribution in [0.25, 0.3) is 17.2 Å². The first-order chi connectivity index (χ1) is 18.7. The Morgan fingerprint density at radius 1 is 0.872 bits per heavy atom. The molecule has 0 aromatic heterocycles. The van der Waals surface area contributed by atoms with Gasteiger partial charge in [-0.1, -0.05) is 0 Å². The van der Waals surface area contributed by atoms with Crippen LogP contribution in [-0.2, 0) is 9.59 Å². The number of benzene rings is 4. The van der Waals surface area contributed by atoms with E-state index in [1.165, 1.54) is 26.7 Å². The number of amides is 1. The van der Waals surface area contributed by atoms with Crippen LogP contribution in [0.15, 0.2) is 107 Å². The molecule has 0 spiro atoms. The first-order valence-corrected chi connectivity index (χ1v) is 13.7. The summed E-state index contributed by atoms with van der Waals surface area (Å²) in [5, 5.41) is 8.00. The van der Waals surface area contributed by atoms with E-state index in [9.17, 15) is 13.6 Å². The van der Waals surface area contributed by atoms with Gasteiger partial charge in [-0.05, 0) is 23.3 Å². The number of carbonyl (C=O) groups is 2. The fraction of sp³-hybridized carbons (Fsp3) is 0.0333. The standard InChI is InChI=1S/C28H17F2N2OS.C2H4O2.Na/c29-22-16-21(17-23(30)18-22)20-13-11-19(12-14-20)15-26-27(33)31-28(34-26)32(24-7-3-1-4-8-24)25-9-5-2-6-10-25;1-2(3)4;/h1,3-18H;1H3,(H,3,4);/b26-15+;;. The van der Waals surface area contributed by atoms with Crippen LogP contribution < -0.4 is 7.71 Å². The average molecular weight is 551 g/mol. The number of carboxylic acid groups (broad SMARTS) is 1. The van der Waals surface area contributed by atoms with Crippen LogP contribution >= 0.6 is 11.8 Å². The van der Waals surface area contributed by atoms with E-state index >= 15 is 0 Å². The van der Waals surface area contributed by atoms with Gasteiger partial charge in [-0.25, -0.2) is 8.78 Å². The van der Waals surface area contributed by atoms with Gasteiger partial charge in [0.1, 0.15) is 11.6 Å². The normalized spacial score (nSPS) is 13.5. The first kappa shape index (κ1) is 28.4. The Morgan fingerprint density at radius 2 is 1.44 bits per heavy atom. The van der Waals surface area contributed by atoms with E-state index < -0.39 is 17.6 Å². The fourth-order valence-electron chi connectivity index (χ4n) is 3.78. The summed E-state index contributed by atoms with van der Waals surface area (Å²) in [7, 11) is 0. The van der Waals surface area contributed by atoms with E-state index in [0.29, 0.717) is 21.2 Å². The third-order valence-corrected chi connectivity index (χ3v) is 7.15. The van der Waals surface area contributed by atoms with E-state index in [1.807, 2.05) is 59.5 Å². The van der Waals surface area contributed by atoms with Gasteiger partial charge in [0.25, 0.3) is 5.97 Å². The van der Waals surface area contributed by atoms with Gasteiger partial charge in [-0.15, -0.1) is 0 Å². The minimum atomic E-state index is -0.833. The molecule has 5 rings (SSSR count). The molecule has 4 aromatic carbocycles. The number of carbonyl (C=O) groups excluding carboxylic acids is 1. The Labute approximate surface area is 246 Å². The molecule has 0 saturated carbocycles. The van der Waals surface area contributed by atoms with Crippen molar-refractivity contribution in [2.45, 2.75) is 6.92 Å². The number of amidine groups is 1. The van der Waals surface area contributed by atoms with Crippen molar-refractivity contribution in [2.75, 3.05) is 4.90 Å². The fourth-order valence-corrected chi connectivity index (χ4v) is 5.07. The molecule has 9 heteroatoms. The van der Waals surface area contributed by atoms with Crippen LogP contribution in [0.5, 0.6) is 0 Å². The van der Waals surface area contributed by atoms with Crippen LogP contribution in [0.1, 0.15) is 12.5 Å². The maximum absolute atomic E-state index is 13.6. The van der Waals surface area contributed by atoms with Crippen molar-refractivity contribution in [3.8, 4) is 11.1 Å². The second-order valence-electron chi connectivity index (χ2n) is 8.62. The van der Waals surface area contributed by atoms with Crippen molar-refractivity contribution >= 4 is 77.0 Å². The number of carboxylic acids is 1. The zero-order chi connectivity index (χ0) is 27.9. The van der Waals surface area contributed by atoms with Crippen molar-refractivity contribution in [3.63, 3.8) is 0 Å². The van der Waals surface area contributed by atoms with Gasteiger partial charge in [-0.3, -0.25) is 4.79 Å². The van der Waals surface area contributed by atoms with Crippen molar-refractivity contribution in [3.05, 3.63) is 119 Å². The molecule has 0 saturated heterocycles. The average Bonchev–Trinajstić information content (AvgIpc) is 3.25. The zero-order valence-corrected chi connectivity index (χ0v) is 24.0. The molecule has 39 heavy (non-hydrogen) atoms. The topological polar surface area (TPSA) is 70.0 Å². The van der Waals surface area contributed by atoms with E-state index in [2.05, 4.69) is 17.1 Å². The Kier molecular flexibility index (Phi) is 9.48. The molecular weight excluding hydrogens is 529 g/mol. The van der Waals surface area contributed by atoms with E-state index in [-0.39, 0.29) is 5.91 Å². The molecule has 0 radical (unpaired) electrons. The summed E-state index contributed by atoms with van der Waals surface area (Å²) in [6.07, 6.45) is 1.78. The SMILES string of the molecule is CC(=O)O.O=C1N=C(N(c2ccccc2)c2cc[c]([Na])cc2)S/C1=C/c1ccc(-c2cc(F)cc(F)c2)cc1. The summed E-state index contributed by atoms with van der Waals surface area (Å²) < 4.78 is 28.4. The predicted octanol–water partition coefficient (Wildman–Crippen LogP) is 6.33. The quantitative estimate of drug-likeness (QED) is 0.238. The molecule has 0 fully saturated rings. The first-order valence-electron chi connectivity index (χ1n) is 11.9. The molecule has 0 unspecified atom stereocenters. The van der Waals surface area contributed by atoms with Crippen LogP contribution in [0.2, 0.25) is 0 Å². The third-order valence-electron chi connectivity index (χ3n) is 5.51. The van der Waals surface area contributed by atoms with Crippen LogP contribution in [0.4, 0.5) is 20.2 Å².